The number of fused-ring (bicyclic) bond motifs is 1. The molecule has 0 saturated carbocycles. The molecule has 4 rings (SSSR count). The summed E-state index contributed by atoms with van der Waals surface area (Å²) in [6, 6.07) is 10.8. The van der Waals surface area contributed by atoms with Crippen molar-refractivity contribution in [2.24, 2.45) is 17.8 Å². The molecule has 1 saturated heterocycles. The number of nitro groups is 2. The summed E-state index contributed by atoms with van der Waals surface area (Å²) in [6.07, 6.45) is 3.94. The topological polar surface area (TPSA) is 144 Å². The molecule has 3 atom stereocenters. The number of hydrazine groups is 1. The third-order valence-corrected chi connectivity index (χ3v) is 6.16. The molecule has 0 N–H and O–H groups in total. The molecule has 2 aliphatic rings. The number of para-hydroxylation sites is 2. The Hall–Kier alpha value is -4.41. The van der Waals surface area contributed by atoms with E-state index in [9.17, 15) is 34.6 Å². The second-order valence-electron chi connectivity index (χ2n) is 8.17. The average Bonchev–Trinajstić information content (AvgIpc) is 3.08. The second-order valence-corrected chi connectivity index (χ2v) is 8.17. The molecule has 2 aromatic carbocycles. The third kappa shape index (κ3) is 3.81. The van der Waals surface area contributed by atoms with Crippen molar-refractivity contribution in [1.29, 1.82) is 0 Å². The molecule has 1 aliphatic carbocycles. The summed E-state index contributed by atoms with van der Waals surface area (Å²) in [5.41, 5.74) is -1.09. The molecule has 11 nitrogen and oxygen atoms in total. The van der Waals surface area contributed by atoms with Gasteiger partial charge in [-0.15, -0.1) is 0 Å². The van der Waals surface area contributed by atoms with Crippen molar-refractivity contribution in [3.63, 3.8) is 0 Å². The molecule has 34 heavy (non-hydrogen) atoms. The highest BCUT2D eigenvalue weighted by Crippen LogP contribution is 2.40. The van der Waals surface area contributed by atoms with E-state index in [0.717, 1.165) is 11.1 Å². The Morgan fingerprint density at radius 2 is 1.62 bits per heavy atom. The maximum Gasteiger partial charge on any atom is 0.282 e. The van der Waals surface area contributed by atoms with Crippen molar-refractivity contribution in [3.8, 4) is 0 Å². The zero-order chi connectivity index (χ0) is 24.6. The van der Waals surface area contributed by atoms with E-state index in [4.69, 9.17) is 0 Å². The van der Waals surface area contributed by atoms with Gasteiger partial charge in [0.1, 0.15) is 5.56 Å². The van der Waals surface area contributed by atoms with Crippen LogP contribution < -0.4 is 0 Å². The Morgan fingerprint density at radius 1 is 1.00 bits per heavy atom. The van der Waals surface area contributed by atoms with E-state index in [1.165, 1.54) is 42.5 Å². The molecule has 174 valence electrons. The van der Waals surface area contributed by atoms with Gasteiger partial charge in [-0.1, -0.05) is 49.4 Å². The lowest BCUT2D eigenvalue weighted by Gasteiger charge is -2.30. The lowest BCUT2D eigenvalue weighted by atomic mass is 9.78. The Morgan fingerprint density at radius 3 is 2.26 bits per heavy atom. The van der Waals surface area contributed by atoms with Gasteiger partial charge in [-0.2, -0.15) is 5.01 Å². The molecule has 1 aliphatic heterocycles. The Labute approximate surface area is 193 Å². The van der Waals surface area contributed by atoms with Crippen LogP contribution in [0.5, 0.6) is 0 Å². The average molecular weight is 464 g/mol. The fourth-order valence-electron chi connectivity index (χ4n) is 4.54. The molecule has 0 bridgehead atoms. The fourth-order valence-corrected chi connectivity index (χ4v) is 4.54. The number of imide groups is 1. The number of benzene rings is 2. The highest BCUT2D eigenvalue weighted by molar-refractivity contribution is 6.08. The lowest BCUT2D eigenvalue weighted by Crippen LogP contribution is -2.50. The van der Waals surface area contributed by atoms with Crippen molar-refractivity contribution in [2.45, 2.75) is 19.9 Å². The van der Waals surface area contributed by atoms with Crippen LogP contribution in [0.3, 0.4) is 0 Å². The number of carbonyl (C=O) groups excluding carboxylic acids is 3. The molecule has 11 heteroatoms. The predicted molar refractivity (Wildman–Crippen MR) is 118 cm³/mol. The number of hydrogen-bond acceptors (Lipinski definition) is 7. The molecule has 1 heterocycles. The van der Waals surface area contributed by atoms with Crippen molar-refractivity contribution >= 4 is 29.1 Å². The standard InChI is InChI=1S/C23H20N4O7/c1-14-7-6-10-17-20(14)23(30)25(22(17)29)24(13-15-8-2-4-11-18(15)26(31)32)21(28)16-9-3-5-12-19(16)27(33)34/h2-9,11-12,14,17,20H,10,13H2,1H3/t14-,17+,20+/m1/s1. The van der Waals surface area contributed by atoms with Gasteiger partial charge in [0.2, 0.25) is 0 Å². The zero-order valence-corrected chi connectivity index (χ0v) is 18.1. The van der Waals surface area contributed by atoms with E-state index in [0.29, 0.717) is 11.4 Å². The normalized spacial score (nSPS) is 21.3. The summed E-state index contributed by atoms with van der Waals surface area (Å²) in [5, 5.41) is 24.6. The van der Waals surface area contributed by atoms with Crippen LogP contribution in [0.1, 0.15) is 29.3 Å². The van der Waals surface area contributed by atoms with E-state index >= 15 is 0 Å². The Kier molecular flexibility index (Phi) is 5.93. The van der Waals surface area contributed by atoms with E-state index < -0.39 is 51.6 Å². The highest BCUT2D eigenvalue weighted by atomic mass is 16.6. The molecule has 0 radical (unpaired) electrons. The summed E-state index contributed by atoms with van der Waals surface area (Å²) < 4.78 is 0. The molecule has 0 aromatic heterocycles. The highest BCUT2D eigenvalue weighted by Gasteiger charge is 2.53. The molecule has 3 amide bonds. The lowest BCUT2D eigenvalue weighted by molar-refractivity contribution is -0.385. The first kappa shape index (κ1) is 22.8. The number of nitro benzene ring substituents is 2. The van der Waals surface area contributed by atoms with Crippen molar-refractivity contribution < 1.29 is 24.2 Å². The van der Waals surface area contributed by atoms with Crippen LogP contribution in [-0.2, 0) is 16.1 Å². The smallest absolute Gasteiger partial charge is 0.272 e. The maximum atomic E-state index is 13.6. The van der Waals surface area contributed by atoms with E-state index in [-0.39, 0.29) is 22.7 Å². The van der Waals surface area contributed by atoms with Gasteiger partial charge in [0.05, 0.1) is 33.8 Å². The third-order valence-electron chi connectivity index (χ3n) is 6.16. The van der Waals surface area contributed by atoms with Crippen LogP contribution in [0.2, 0.25) is 0 Å². The number of rotatable bonds is 6. The number of hydrogen-bond donors (Lipinski definition) is 0. The summed E-state index contributed by atoms with van der Waals surface area (Å²) in [6.45, 7) is 1.29. The summed E-state index contributed by atoms with van der Waals surface area (Å²) in [5.74, 6) is -3.83. The van der Waals surface area contributed by atoms with Gasteiger partial charge < -0.3 is 0 Å². The van der Waals surface area contributed by atoms with Crippen LogP contribution in [-0.4, -0.2) is 37.6 Å². The number of allylic oxidation sites excluding steroid dienone is 2. The largest absolute Gasteiger partial charge is 0.282 e. The summed E-state index contributed by atoms with van der Waals surface area (Å²) in [4.78, 5) is 62.0. The summed E-state index contributed by atoms with van der Waals surface area (Å²) in [7, 11) is 0. The molecule has 1 fully saturated rings. The fraction of sp³-hybridized carbons (Fsp3) is 0.261. The first-order valence-electron chi connectivity index (χ1n) is 10.5. The Balaban J connectivity index is 1.82. The Bertz CT molecular complexity index is 1240. The molecule has 0 unspecified atom stereocenters. The zero-order valence-electron chi connectivity index (χ0n) is 18.1. The second kappa shape index (κ2) is 8.85. The van der Waals surface area contributed by atoms with Gasteiger partial charge >= 0.3 is 0 Å². The van der Waals surface area contributed by atoms with Crippen molar-refractivity contribution in [1.82, 2.24) is 10.0 Å². The van der Waals surface area contributed by atoms with Crippen LogP contribution >= 0.6 is 0 Å². The van der Waals surface area contributed by atoms with Gasteiger partial charge in [0, 0.05) is 12.1 Å². The molecule has 0 spiro atoms. The first-order valence-corrected chi connectivity index (χ1v) is 10.5. The minimum absolute atomic E-state index is 0.0704. The van der Waals surface area contributed by atoms with Crippen LogP contribution in [0.4, 0.5) is 11.4 Å². The SMILES string of the molecule is C[C@@H]1C=CC[C@@H]2C(=O)N(N(Cc3ccccc3[N+](=O)[O-])C(=O)c3ccccc3[N+](=O)[O-])C(=O)[C@@H]12. The van der Waals surface area contributed by atoms with Crippen LogP contribution in [0.25, 0.3) is 0 Å². The van der Waals surface area contributed by atoms with Gasteiger partial charge in [-0.25, -0.2) is 5.01 Å². The molecular weight excluding hydrogens is 444 g/mol. The maximum absolute atomic E-state index is 13.6. The minimum Gasteiger partial charge on any atom is -0.272 e. The first-order chi connectivity index (χ1) is 16.2. The van der Waals surface area contributed by atoms with E-state index in [2.05, 4.69) is 0 Å². The van der Waals surface area contributed by atoms with Gasteiger partial charge in [-0.05, 0) is 18.4 Å². The minimum atomic E-state index is -0.980. The number of amides is 3. The van der Waals surface area contributed by atoms with Gasteiger partial charge in [0.25, 0.3) is 29.1 Å². The monoisotopic (exact) mass is 464 g/mol. The van der Waals surface area contributed by atoms with Crippen molar-refractivity contribution in [2.75, 3.05) is 0 Å². The number of carbonyl (C=O) groups is 3. The summed E-state index contributed by atoms with van der Waals surface area (Å²) >= 11 is 0. The van der Waals surface area contributed by atoms with Crippen LogP contribution in [0, 0.1) is 38.0 Å². The van der Waals surface area contributed by atoms with Crippen molar-refractivity contribution in [3.05, 3.63) is 92.0 Å². The quantitative estimate of drug-likeness (QED) is 0.276. The van der Waals surface area contributed by atoms with Crippen LogP contribution in [0.15, 0.2) is 60.7 Å². The van der Waals surface area contributed by atoms with E-state index in [1.807, 2.05) is 6.08 Å². The predicted octanol–water partition coefficient (Wildman–Crippen LogP) is 3.26. The molecular formula is C23H20N4O7. The number of nitrogens with zero attached hydrogens (tertiary/aromatic N) is 4. The van der Waals surface area contributed by atoms with Gasteiger partial charge in [0.15, 0.2) is 0 Å². The van der Waals surface area contributed by atoms with E-state index in [1.54, 1.807) is 13.0 Å². The van der Waals surface area contributed by atoms with Gasteiger partial charge in [-0.3, -0.25) is 34.6 Å². The molecule has 2 aromatic rings.